The summed E-state index contributed by atoms with van der Waals surface area (Å²) in [5.74, 6) is 1.60. The quantitative estimate of drug-likeness (QED) is 0.659. The molecule has 0 fully saturated rings. The van der Waals surface area contributed by atoms with Crippen LogP contribution in [0.4, 0.5) is 0 Å². The van der Waals surface area contributed by atoms with Gasteiger partial charge in [-0.15, -0.1) is 0 Å². The first-order valence-corrected chi connectivity index (χ1v) is 7.31. The van der Waals surface area contributed by atoms with Gasteiger partial charge in [-0.05, 0) is 30.0 Å². The predicted octanol–water partition coefficient (Wildman–Crippen LogP) is 2.18. The smallest absolute Gasteiger partial charge is 0.119 e. The first kappa shape index (κ1) is 16.0. The molecule has 0 spiro atoms. The van der Waals surface area contributed by atoms with Gasteiger partial charge in [0.2, 0.25) is 0 Å². The lowest BCUT2D eigenvalue weighted by molar-refractivity contribution is -0.656. The van der Waals surface area contributed by atoms with Crippen molar-refractivity contribution >= 4 is 0 Å². The van der Waals surface area contributed by atoms with Crippen molar-refractivity contribution in [3.63, 3.8) is 0 Å². The number of methoxy groups -OCH3 is 1. The maximum atomic E-state index is 5.73. The number of ether oxygens (including phenoxy) is 2. The minimum Gasteiger partial charge on any atom is -0.493 e. The Morgan fingerprint density at radius 3 is 2.47 bits per heavy atom. The Hall–Kier alpha value is -1.06. The van der Waals surface area contributed by atoms with Gasteiger partial charge in [0.15, 0.2) is 0 Å². The summed E-state index contributed by atoms with van der Waals surface area (Å²) in [6.07, 6.45) is 2.24. The monoisotopic (exact) mass is 266 g/mol. The summed E-state index contributed by atoms with van der Waals surface area (Å²) in [4.78, 5) is 0. The average Bonchev–Trinajstić information content (AvgIpc) is 2.46. The maximum absolute atomic E-state index is 5.73. The van der Waals surface area contributed by atoms with Crippen molar-refractivity contribution in [3.8, 4) is 5.75 Å². The van der Waals surface area contributed by atoms with Crippen molar-refractivity contribution < 1.29 is 14.8 Å². The lowest BCUT2D eigenvalue weighted by Gasteiger charge is -2.10. The Bertz CT molecular complexity index is 324. The molecule has 0 aliphatic carbocycles. The third-order valence-electron chi connectivity index (χ3n) is 3.41. The molecule has 0 radical (unpaired) electrons. The third-order valence-corrected chi connectivity index (χ3v) is 3.41. The summed E-state index contributed by atoms with van der Waals surface area (Å²) in [6.45, 7) is 8.19. The molecule has 1 rings (SSSR count). The normalized spacial score (nSPS) is 12.4. The highest BCUT2D eigenvalue weighted by Crippen LogP contribution is 2.21. The van der Waals surface area contributed by atoms with Crippen LogP contribution in [0.1, 0.15) is 38.2 Å². The molecule has 3 heteroatoms. The van der Waals surface area contributed by atoms with Crippen LogP contribution in [0, 0.1) is 0 Å². The molecule has 0 aliphatic rings. The molecule has 0 aliphatic heterocycles. The molecule has 108 valence electrons. The number of hydrogen-bond acceptors (Lipinski definition) is 2. The van der Waals surface area contributed by atoms with E-state index in [1.54, 1.807) is 7.11 Å². The average molecular weight is 266 g/mol. The Labute approximate surface area is 117 Å². The van der Waals surface area contributed by atoms with E-state index in [0.717, 1.165) is 38.5 Å². The third kappa shape index (κ3) is 6.60. The zero-order valence-corrected chi connectivity index (χ0v) is 12.5. The van der Waals surface area contributed by atoms with Crippen LogP contribution in [0.15, 0.2) is 24.3 Å². The van der Waals surface area contributed by atoms with Crippen molar-refractivity contribution in [2.75, 3.05) is 33.4 Å². The Morgan fingerprint density at radius 1 is 1.11 bits per heavy atom. The lowest BCUT2D eigenvalue weighted by atomic mass is 9.99. The molecule has 1 atom stereocenters. The van der Waals surface area contributed by atoms with Gasteiger partial charge in [-0.2, -0.15) is 0 Å². The molecule has 19 heavy (non-hydrogen) atoms. The number of quaternary nitrogens is 1. The Kier molecular flexibility index (Phi) is 8.26. The van der Waals surface area contributed by atoms with Gasteiger partial charge in [-0.1, -0.05) is 26.0 Å². The Morgan fingerprint density at radius 2 is 1.84 bits per heavy atom. The summed E-state index contributed by atoms with van der Waals surface area (Å²) < 4.78 is 10.7. The van der Waals surface area contributed by atoms with Crippen molar-refractivity contribution in [3.05, 3.63) is 29.8 Å². The lowest BCUT2D eigenvalue weighted by Crippen LogP contribution is -2.85. The van der Waals surface area contributed by atoms with Crippen LogP contribution in [-0.4, -0.2) is 33.4 Å². The van der Waals surface area contributed by atoms with Gasteiger partial charge in [0, 0.05) is 13.5 Å². The standard InChI is InChI=1S/C16H27NO2/c1-4-14(2)15-6-8-16(9-7-15)19-12-5-10-17-11-13-18-3/h6-9,14,17H,4-5,10-13H2,1-3H3/p+1/t14-/m1/s1. The fraction of sp³-hybridized carbons (Fsp3) is 0.625. The van der Waals surface area contributed by atoms with Crippen LogP contribution in [0.5, 0.6) is 5.75 Å². The van der Waals surface area contributed by atoms with E-state index in [4.69, 9.17) is 9.47 Å². The first-order valence-electron chi connectivity index (χ1n) is 7.31. The summed E-state index contributed by atoms with van der Waals surface area (Å²) in [6, 6.07) is 8.51. The SMILES string of the molecule is CC[C@@H](C)c1ccc(OCCC[NH2+]CCOC)cc1. The number of hydrogen-bond donors (Lipinski definition) is 1. The van der Waals surface area contributed by atoms with Crippen LogP contribution >= 0.6 is 0 Å². The highest BCUT2D eigenvalue weighted by Gasteiger charge is 2.02. The molecule has 0 unspecified atom stereocenters. The summed E-state index contributed by atoms with van der Waals surface area (Å²) in [5.41, 5.74) is 1.39. The second-order valence-electron chi connectivity index (χ2n) is 4.94. The summed E-state index contributed by atoms with van der Waals surface area (Å²) in [5, 5.41) is 2.26. The zero-order chi connectivity index (χ0) is 13.9. The molecular formula is C16H28NO2+. The molecule has 0 amide bonds. The number of rotatable bonds is 10. The van der Waals surface area contributed by atoms with Crippen molar-refractivity contribution in [2.24, 2.45) is 0 Å². The van der Waals surface area contributed by atoms with Gasteiger partial charge in [-0.25, -0.2) is 0 Å². The van der Waals surface area contributed by atoms with Gasteiger partial charge in [-0.3, -0.25) is 0 Å². The molecule has 0 saturated heterocycles. The second-order valence-corrected chi connectivity index (χ2v) is 4.94. The van der Waals surface area contributed by atoms with Crippen molar-refractivity contribution in [2.45, 2.75) is 32.6 Å². The fourth-order valence-electron chi connectivity index (χ4n) is 1.89. The molecule has 0 heterocycles. The van der Waals surface area contributed by atoms with E-state index in [1.807, 2.05) is 0 Å². The summed E-state index contributed by atoms with van der Waals surface area (Å²) >= 11 is 0. The van der Waals surface area contributed by atoms with Gasteiger partial charge < -0.3 is 14.8 Å². The van der Waals surface area contributed by atoms with Crippen LogP contribution in [0.25, 0.3) is 0 Å². The van der Waals surface area contributed by atoms with Gasteiger partial charge in [0.05, 0.1) is 26.3 Å². The van der Waals surface area contributed by atoms with E-state index in [9.17, 15) is 0 Å². The largest absolute Gasteiger partial charge is 0.493 e. The molecule has 2 N–H and O–H groups in total. The van der Waals surface area contributed by atoms with E-state index in [1.165, 1.54) is 12.0 Å². The van der Waals surface area contributed by atoms with Gasteiger partial charge in [0.25, 0.3) is 0 Å². The fourth-order valence-corrected chi connectivity index (χ4v) is 1.89. The second kappa shape index (κ2) is 9.82. The van der Waals surface area contributed by atoms with E-state index < -0.39 is 0 Å². The highest BCUT2D eigenvalue weighted by molar-refractivity contribution is 5.29. The van der Waals surface area contributed by atoms with Gasteiger partial charge in [0.1, 0.15) is 5.75 Å². The highest BCUT2D eigenvalue weighted by atomic mass is 16.5. The maximum Gasteiger partial charge on any atom is 0.119 e. The molecule has 0 bridgehead atoms. The topological polar surface area (TPSA) is 35.1 Å². The van der Waals surface area contributed by atoms with Crippen LogP contribution in [-0.2, 0) is 4.74 Å². The van der Waals surface area contributed by atoms with Gasteiger partial charge >= 0.3 is 0 Å². The van der Waals surface area contributed by atoms with E-state index in [-0.39, 0.29) is 0 Å². The van der Waals surface area contributed by atoms with E-state index >= 15 is 0 Å². The van der Waals surface area contributed by atoms with Crippen LogP contribution < -0.4 is 10.1 Å². The zero-order valence-electron chi connectivity index (χ0n) is 12.5. The van der Waals surface area contributed by atoms with E-state index in [2.05, 4.69) is 43.4 Å². The van der Waals surface area contributed by atoms with Crippen molar-refractivity contribution in [1.29, 1.82) is 0 Å². The molecule has 1 aromatic rings. The first-order chi connectivity index (χ1) is 9.27. The summed E-state index contributed by atoms with van der Waals surface area (Å²) in [7, 11) is 1.74. The number of nitrogens with two attached hydrogens (primary N) is 1. The van der Waals surface area contributed by atoms with Crippen molar-refractivity contribution in [1.82, 2.24) is 0 Å². The Balaban J connectivity index is 2.16. The minimum absolute atomic E-state index is 0.629. The van der Waals surface area contributed by atoms with Crippen LogP contribution in [0.2, 0.25) is 0 Å². The molecule has 1 aromatic carbocycles. The molecule has 3 nitrogen and oxygen atoms in total. The molecule has 0 saturated carbocycles. The van der Waals surface area contributed by atoms with Crippen LogP contribution in [0.3, 0.4) is 0 Å². The number of benzene rings is 1. The predicted molar refractivity (Wildman–Crippen MR) is 78.8 cm³/mol. The van der Waals surface area contributed by atoms with E-state index in [0.29, 0.717) is 5.92 Å². The molecular weight excluding hydrogens is 238 g/mol. The molecule has 0 aromatic heterocycles. The minimum atomic E-state index is 0.629.